The van der Waals surface area contributed by atoms with Gasteiger partial charge in [-0.05, 0) is 47.9 Å². The first-order valence-electron chi connectivity index (χ1n) is 6.32. The van der Waals surface area contributed by atoms with E-state index in [0.29, 0.717) is 0 Å². The highest BCUT2D eigenvalue weighted by Crippen LogP contribution is 2.33. The van der Waals surface area contributed by atoms with E-state index in [1.54, 1.807) is 0 Å². The highest BCUT2D eigenvalue weighted by molar-refractivity contribution is 5.72. The lowest BCUT2D eigenvalue weighted by molar-refractivity contribution is 0.971. The monoisotopic (exact) mass is 220 g/mol. The lowest BCUT2D eigenvalue weighted by atomic mass is 9.88. The predicted molar refractivity (Wildman–Crippen MR) is 72.8 cm³/mol. The molecule has 0 aliphatic rings. The maximum atomic E-state index is 6.23. The molecule has 0 bridgehead atoms. The van der Waals surface area contributed by atoms with Crippen molar-refractivity contribution < 1.29 is 0 Å². The minimum atomic E-state index is 0.918. The molecule has 0 aliphatic carbocycles. The van der Waals surface area contributed by atoms with Gasteiger partial charge in [0.05, 0.1) is 0 Å². The van der Waals surface area contributed by atoms with Crippen LogP contribution in [0.3, 0.4) is 0 Å². The van der Waals surface area contributed by atoms with Crippen LogP contribution in [0.15, 0.2) is 0 Å². The maximum Gasteiger partial charge on any atom is 0.0402 e. The molecule has 0 atom stereocenters. The van der Waals surface area contributed by atoms with Gasteiger partial charge in [0.2, 0.25) is 0 Å². The third-order valence-corrected chi connectivity index (χ3v) is 3.44. The summed E-state index contributed by atoms with van der Waals surface area (Å²) in [4.78, 5) is 0. The second kappa shape index (κ2) is 5.24. The van der Waals surface area contributed by atoms with Gasteiger partial charge in [-0.3, -0.25) is 0 Å². The Morgan fingerprint density at radius 2 is 0.875 bits per heavy atom. The Hall–Kier alpha value is -1.18. The van der Waals surface area contributed by atoms with E-state index in [-0.39, 0.29) is 0 Å². The van der Waals surface area contributed by atoms with Crippen LogP contribution in [0.25, 0.3) is 0 Å². The lowest BCUT2D eigenvalue weighted by Crippen LogP contribution is -2.11. The van der Waals surface area contributed by atoms with Crippen molar-refractivity contribution in [1.82, 2.24) is 0 Å². The third-order valence-electron chi connectivity index (χ3n) is 3.44. The molecule has 0 amide bonds. The topological polar surface area (TPSA) is 52.0 Å². The minimum absolute atomic E-state index is 0.918. The molecule has 16 heavy (non-hydrogen) atoms. The number of hydrogen-bond acceptors (Lipinski definition) is 2. The van der Waals surface area contributed by atoms with E-state index in [2.05, 4.69) is 27.7 Å². The molecular formula is C14H24N2. The lowest BCUT2D eigenvalue weighted by Gasteiger charge is -2.21. The molecule has 1 aromatic carbocycles. The van der Waals surface area contributed by atoms with Gasteiger partial charge in [-0.2, -0.15) is 0 Å². The van der Waals surface area contributed by atoms with Crippen molar-refractivity contribution in [3.05, 3.63) is 22.3 Å². The van der Waals surface area contributed by atoms with Gasteiger partial charge in [0.1, 0.15) is 0 Å². The second-order valence-corrected chi connectivity index (χ2v) is 4.16. The molecule has 0 unspecified atom stereocenters. The zero-order chi connectivity index (χ0) is 12.3. The van der Waals surface area contributed by atoms with E-state index < -0.39 is 0 Å². The van der Waals surface area contributed by atoms with Gasteiger partial charge in [-0.25, -0.2) is 0 Å². The number of nitrogens with two attached hydrogens (primary N) is 2. The Morgan fingerprint density at radius 1 is 0.562 bits per heavy atom. The van der Waals surface area contributed by atoms with Gasteiger partial charge in [0, 0.05) is 11.4 Å². The third kappa shape index (κ3) is 1.89. The molecule has 0 radical (unpaired) electrons. The van der Waals surface area contributed by atoms with E-state index in [1.807, 2.05) is 0 Å². The number of nitrogen functional groups attached to an aromatic ring is 2. The Bertz CT molecular complexity index is 350. The van der Waals surface area contributed by atoms with Crippen LogP contribution in [0.2, 0.25) is 0 Å². The Morgan fingerprint density at radius 3 is 1.12 bits per heavy atom. The molecule has 0 aliphatic heterocycles. The fourth-order valence-corrected chi connectivity index (χ4v) is 2.63. The van der Waals surface area contributed by atoms with Crippen LogP contribution >= 0.6 is 0 Å². The molecule has 0 spiro atoms. The van der Waals surface area contributed by atoms with Crippen molar-refractivity contribution in [2.75, 3.05) is 11.5 Å². The number of benzene rings is 1. The highest BCUT2D eigenvalue weighted by Gasteiger charge is 2.16. The predicted octanol–water partition coefficient (Wildman–Crippen LogP) is 3.10. The van der Waals surface area contributed by atoms with Crippen molar-refractivity contribution >= 4 is 11.4 Å². The van der Waals surface area contributed by atoms with Gasteiger partial charge in [0.25, 0.3) is 0 Å². The molecule has 0 saturated carbocycles. The first-order valence-corrected chi connectivity index (χ1v) is 6.32. The largest absolute Gasteiger partial charge is 0.398 e. The van der Waals surface area contributed by atoms with Crippen LogP contribution in [-0.4, -0.2) is 0 Å². The van der Waals surface area contributed by atoms with Crippen LogP contribution in [0.5, 0.6) is 0 Å². The maximum absolute atomic E-state index is 6.23. The molecule has 1 aromatic rings. The molecule has 90 valence electrons. The summed E-state index contributed by atoms with van der Waals surface area (Å²) < 4.78 is 0. The van der Waals surface area contributed by atoms with Crippen molar-refractivity contribution in [2.24, 2.45) is 0 Å². The van der Waals surface area contributed by atoms with E-state index in [4.69, 9.17) is 11.5 Å². The molecule has 2 nitrogen and oxygen atoms in total. The van der Waals surface area contributed by atoms with Crippen LogP contribution in [0.4, 0.5) is 11.4 Å². The van der Waals surface area contributed by atoms with Gasteiger partial charge in [0.15, 0.2) is 0 Å². The summed E-state index contributed by atoms with van der Waals surface area (Å²) in [5.74, 6) is 0. The molecule has 4 N–H and O–H groups in total. The standard InChI is InChI=1S/C14H24N2/c1-5-9-10(6-2)13(15)12(8-4)14(16)11(9)7-3/h5-8,15-16H2,1-4H3. The zero-order valence-electron chi connectivity index (χ0n) is 11.0. The van der Waals surface area contributed by atoms with E-state index in [0.717, 1.165) is 42.6 Å². The summed E-state index contributed by atoms with van der Waals surface area (Å²) in [6.45, 7) is 8.63. The molecule has 0 fully saturated rings. The van der Waals surface area contributed by atoms with Gasteiger partial charge >= 0.3 is 0 Å². The average molecular weight is 220 g/mol. The molecule has 2 heteroatoms. The summed E-state index contributed by atoms with van der Waals surface area (Å²) in [6.07, 6.45) is 3.93. The van der Waals surface area contributed by atoms with Crippen LogP contribution in [0, 0.1) is 0 Å². The van der Waals surface area contributed by atoms with Crippen molar-refractivity contribution in [3.63, 3.8) is 0 Å². The van der Waals surface area contributed by atoms with Crippen molar-refractivity contribution in [1.29, 1.82) is 0 Å². The minimum Gasteiger partial charge on any atom is -0.398 e. The summed E-state index contributed by atoms with van der Waals surface area (Å²) in [7, 11) is 0. The zero-order valence-corrected chi connectivity index (χ0v) is 11.0. The normalized spacial score (nSPS) is 10.8. The molecule has 0 aromatic heterocycles. The average Bonchev–Trinajstić information content (AvgIpc) is 2.29. The van der Waals surface area contributed by atoms with E-state index in [9.17, 15) is 0 Å². The summed E-state index contributed by atoms with van der Waals surface area (Å²) in [5, 5.41) is 0. The molecular weight excluding hydrogens is 196 g/mol. The summed E-state index contributed by atoms with van der Waals surface area (Å²) in [5.41, 5.74) is 19.4. The van der Waals surface area contributed by atoms with E-state index in [1.165, 1.54) is 16.7 Å². The number of hydrogen-bond donors (Lipinski definition) is 2. The second-order valence-electron chi connectivity index (χ2n) is 4.16. The number of anilines is 2. The molecule has 0 saturated heterocycles. The van der Waals surface area contributed by atoms with Gasteiger partial charge in [-0.1, -0.05) is 27.7 Å². The van der Waals surface area contributed by atoms with Crippen LogP contribution in [0.1, 0.15) is 49.9 Å². The van der Waals surface area contributed by atoms with Gasteiger partial charge in [-0.15, -0.1) is 0 Å². The highest BCUT2D eigenvalue weighted by atomic mass is 14.6. The Labute approximate surface area is 99.0 Å². The van der Waals surface area contributed by atoms with Crippen LogP contribution < -0.4 is 11.5 Å². The Balaban J connectivity index is 3.61. The van der Waals surface area contributed by atoms with Crippen molar-refractivity contribution in [2.45, 2.75) is 53.4 Å². The summed E-state index contributed by atoms with van der Waals surface area (Å²) >= 11 is 0. The molecule has 1 rings (SSSR count). The fourth-order valence-electron chi connectivity index (χ4n) is 2.63. The van der Waals surface area contributed by atoms with Crippen molar-refractivity contribution in [3.8, 4) is 0 Å². The van der Waals surface area contributed by atoms with Crippen LogP contribution in [-0.2, 0) is 25.7 Å². The molecule has 0 heterocycles. The first kappa shape index (κ1) is 12.9. The fraction of sp³-hybridized carbons (Fsp3) is 0.571. The van der Waals surface area contributed by atoms with Gasteiger partial charge < -0.3 is 11.5 Å². The number of rotatable bonds is 4. The smallest absolute Gasteiger partial charge is 0.0402 e. The Kier molecular flexibility index (Phi) is 4.22. The van der Waals surface area contributed by atoms with E-state index >= 15 is 0 Å². The quantitative estimate of drug-likeness (QED) is 0.766. The first-order chi connectivity index (χ1) is 7.62. The summed E-state index contributed by atoms with van der Waals surface area (Å²) in [6, 6.07) is 0. The SMILES string of the molecule is CCc1c(N)c(CC)c(CC)c(CC)c1N.